The van der Waals surface area contributed by atoms with Crippen molar-refractivity contribution in [3.8, 4) is 0 Å². The smallest absolute Gasteiger partial charge is 0.0140 e. The molecule has 0 bridgehead atoms. The van der Waals surface area contributed by atoms with Gasteiger partial charge in [0.15, 0.2) is 0 Å². The van der Waals surface area contributed by atoms with E-state index in [4.69, 9.17) is 0 Å². The zero-order valence-electron chi connectivity index (χ0n) is 7.71. The first-order valence-corrected chi connectivity index (χ1v) is 2.68. The molecule has 10 heavy (non-hydrogen) atoms. The number of hydrogen-bond donors (Lipinski definition) is 0. The zero-order valence-corrected chi connectivity index (χ0v) is 9.34. The fourth-order valence-electron chi connectivity index (χ4n) is 0. The average molecular weight is 191 g/mol. The zero-order chi connectivity index (χ0) is 7.15. The molecule has 0 radical (unpaired) electrons. The Morgan fingerprint density at radius 2 is 0.500 bits per heavy atom. The third kappa shape index (κ3) is 1910. The second kappa shape index (κ2) is 16.2. The Kier molecular flexibility index (Phi) is 36.4. The molecule has 0 unspecified atom stereocenters. The Hall–Kier alpha value is 0.500. The molecule has 0 atom stereocenters. The molecule has 0 aromatic heterocycles. The summed E-state index contributed by atoms with van der Waals surface area (Å²) in [6.45, 7) is 0. The average Bonchev–Trinajstić information content (AvgIpc) is 1.25. The fourth-order valence-corrected chi connectivity index (χ4v) is 0. The summed E-state index contributed by atoms with van der Waals surface area (Å²) in [5.74, 6) is 0. The van der Waals surface area contributed by atoms with Gasteiger partial charge in [-0.15, -0.1) is 24.8 Å². The fraction of sp³-hybridized carbons (Fsp3) is 1.00. The predicted molar refractivity (Wildman–Crippen MR) is 53.7 cm³/mol. The maximum Gasteiger partial charge on any atom is -0.0140 e. The summed E-state index contributed by atoms with van der Waals surface area (Å²) in [5.41, 5.74) is 0. The highest BCUT2D eigenvalue weighted by Crippen LogP contribution is 1.48. The molecule has 0 heterocycles. The van der Waals surface area contributed by atoms with Crippen LogP contribution in [0.25, 0.3) is 0 Å². The van der Waals surface area contributed by atoms with Crippen molar-refractivity contribution in [2.45, 2.75) is 0 Å². The van der Waals surface area contributed by atoms with Gasteiger partial charge in [-0.25, -0.2) is 0 Å². The van der Waals surface area contributed by atoms with Crippen LogP contribution in [0.1, 0.15) is 0 Å². The molecule has 0 saturated carbocycles. The van der Waals surface area contributed by atoms with Crippen molar-refractivity contribution >= 4 is 24.8 Å². The summed E-state index contributed by atoms with van der Waals surface area (Å²) < 4.78 is 0. The first-order chi connectivity index (χ1) is 3.46. The topological polar surface area (TPSA) is 6.48 Å². The second-order valence-corrected chi connectivity index (χ2v) is 2.68. The minimum Gasteiger partial charge on any atom is -0.312 e. The molecule has 0 rings (SSSR count). The first kappa shape index (κ1) is 22.4. The standard InChI is InChI=1S/2C3H9N.2ClH/c2*1-4(2)3;;/h2*1-3H3;2*1H. The van der Waals surface area contributed by atoms with Crippen molar-refractivity contribution in [2.75, 3.05) is 42.3 Å². The summed E-state index contributed by atoms with van der Waals surface area (Å²) in [5, 5.41) is 0. The maximum absolute atomic E-state index is 2.00. The van der Waals surface area contributed by atoms with E-state index in [1.807, 2.05) is 52.1 Å². The van der Waals surface area contributed by atoms with Crippen LogP contribution in [0.2, 0.25) is 0 Å². The van der Waals surface area contributed by atoms with E-state index in [2.05, 4.69) is 0 Å². The highest BCUT2D eigenvalue weighted by Gasteiger charge is 1.58. The van der Waals surface area contributed by atoms with Crippen LogP contribution in [0.5, 0.6) is 0 Å². The van der Waals surface area contributed by atoms with E-state index in [1.165, 1.54) is 0 Å². The Morgan fingerprint density at radius 3 is 0.500 bits per heavy atom. The van der Waals surface area contributed by atoms with E-state index in [9.17, 15) is 0 Å². The van der Waals surface area contributed by atoms with E-state index in [-0.39, 0.29) is 24.8 Å². The molecule has 0 N–H and O–H groups in total. The van der Waals surface area contributed by atoms with Crippen LogP contribution >= 0.6 is 24.8 Å². The number of nitrogens with zero attached hydrogens (tertiary/aromatic N) is 2. The molecule has 0 aromatic carbocycles. The van der Waals surface area contributed by atoms with Crippen LogP contribution in [0.15, 0.2) is 0 Å². The lowest BCUT2D eigenvalue weighted by atomic mass is 11.0. The van der Waals surface area contributed by atoms with Gasteiger partial charge in [-0.1, -0.05) is 0 Å². The van der Waals surface area contributed by atoms with Crippen LogP contribution in [-0.4, -0.2) is 52.1 Å². The van der Waals surface area contributed by atoms with E-state index in [0.717, 1.165) is 0 Å². The number of halogens is 2. The maximum atomic E-state index is 2.00. The van der Waals surface area contributed by atoms with Gasteiger partial charge in [0, 0.05) is 0 Å². The predicted octanol–water partition coefficient (Wildman–Crippen LogP) is 1.20. The molecule has 0 amide bonds. The molecule has 0 aliphatic carbocycles. The van der Waals surface area contributed by atoms with Gasteiger partial charge in [0.2, 0.25) is 0 Å². The molecule has 0 fully saturated rings. The summed E-state index contributed by atoms with van der Waals surface area (Å²) in [6.07, 6.45) is 0. The molecular formula is C6H20Cl2N2. The third-order valence-electron chi connectivity index (χ3n) is 0. The van der Waals surface area contributed by atoms with Crippen LogP contribution < -0.4 is 0 Å². The van der Waals surface area contributed by atoms with Gasteiger partial charge in [0.05, 0.1) is 0 Å². The van der Waals surface area contributed by atoms with Gasteiger partial charge in [0.25, 0.3) is 0 Å². The van der Waals surface area contributed by atoms with Crippen molar-refractivity contribution in [2.24, 2.45) is 0 Å². The Balaban J connectivity index is -0.0000000300. The molecule has 0 aliphatic heterocycles. The highest BCUT2D eigenvalue weighted by molar-refractivity contribution is 5.85. The molecule has 2 nitrogen and oxygen atoms in total. The van der Waals surface area contributed by atoms with Gasteiger partial charge in [-0.05, 0) is 42.3 Å². The van der Waals surface area contributed by atoms with E-state index in [0.29, 0.717) is 0 Å². The van der Waals surface area contributed by atoms with Crippen molar-refractivity contribution in [3.63, 3.8) is 0 Å². The molecule has 0 spiro atoms. The second-order valence-electron chi connectivity index (χ2n) is 2.68. The largest absolute Gasteiger partial charge is 0.312 e. The van der Waals surface area contributed by atoms with Crippen molar-refractivity contribution < 1.29 is 0 Å². The Labute approximate surface area is 77.4 Å². The lowest BCUT2D eigenvalue weighted by Crippen LogP contribution is -1.99. The lowest BCUT2D eigenvalue weighted by molar-refractivity contribution is 0.505. The Morgan fingerprint density at radius 1 is 0.500 bits per heavy atom. The molecule has 0 saturated heterocycles. The number of hydrogen-bond acceptors (Lipinski definition) is 2. The molecule has 0 aliphatic rings. The normalized spacial score (nSPS) is 7.20. The van der Waals surface area contributed by atoms with E-state index in [1.54, 1.807) is 0 Å². The quantitative estimate of drug-likeness (QED) is 0.567. The van der Waals surface area contributed by atoms with Crippen molar-refractivity contribution in [3.05, 3.63) is 0 Å². The van der Waals surface area contributed by atoms with Crippen molar-refractivity contribution in [1.82, 2.24) is 9.80 Å². The van der Waals surface area contributed by atoms with Gasteiger partial charge in [-0.2, -0.15) is 0 Å². The van der Waals surface area contributed by atoms with Crippen LogP contribution in [-0.2, 0) is 0 Å². The molecular weight excluding hydrogens is 171 g/mol. The van der Waals surface area contributed by atoms with Crippen molar-refractivity contribution in [1.29, 1.82) is 0 Å². The Bertz CT molecular complexity index is 29.2. The summed E-state index contributed by atoms with van der Waals surface area (Å²) >= 11 is 0. The summed E-state index contributed by atoms with van der Waals surface area (Å²) in [6, 6.07) is 0. The molecule has 4 heteroatoms. The third-order valence-corrected chi connectivity index (χ3v) is 0. The van der Waals surface area contributed by atoms with Crippen LogP contribution in [0, 0.1) is 0 Å². The lowest BCUT2D eigenvalue weighted by Gasteiger charge is -1.90. The summed E-state index contributed by atoms with van der Waals surface area (Å²) in [7, 11) is 12.0. The highest BCUT2D eigenvalue weighted by atomic mass is 35.5. The molecule has 0 aromatic rings. The molecule has 68 valence electrons. The minimum atomic E-state index is 0. The monoisotopic (exact) mass is 190 g/mol. The van der Waals surface area contributed by atoms with Gasteiger partial charge in [0.1, 0.15) is 0 Å². The van der Waals surface area contributed by atoms with Crippen LogP contribution in [0.3, 0.4) is 0 Å². The minimum absolute atomic E-state index is 0. The first-order valence-electron chi connectivity index (χ1n) is 2.68. The van der Waals surface area contributed by atoms with Gasteiger partial charge >= 0.3 is 0 Å². The van der Waals surface area contributed by atoms with Gasteiger partial charge in [-0.3, -0.25) is 0 Å². The SMILES string of the molecule is CN(C)C.CN(C)C.Cl.Cl. The summed E-state index contributed by atoms with van der Waals surface area (Å²) in [4.78, 5) is 4.00. The van der Waals surface area contributed by atoms with E-state index >= 15 is 0 Å². The van der Waals surface area contributed by atoms with Gasteiger partial charge < -0.3 is 9.80 Å². The number of rotatable bonds is 0. The van der Waals surface area contributed by atoms with Crippen LogP contribution in [0.4, 0.5) is 0 Å². The van der Waals surface area contributed by atoms with E-state index < -0.39 is 0 Å².